The van der Waals surface area contributed by atoms with Crippen LogP contribution in [-0.4, -0.2) is 39.7 Å². The predicted octanol–water partition coefficient (Wildman–Crippen LogP) is 0.533. The van der Waals surface area contributed by atoms with E-state index >= 15 is 0 Å². The second-order valence-electron chi connectivity index (χ2n) is 3.49. The van der Waals surface area contributed by atoms with Crippen molar-refractivity contribution in [2.24, 2.45) is 0 Å². The number of nitrogens with zero attached hydrogens (tertiary/aromatic N) is 1. The van der Waals surface area contributed by atoms with Crippen molar-refractivity contribution >= 4 is 33.5 Å². The number of carbonyl (C=O) groups excluding carboxylic acids is 1. The van der Waals surface area contributed by atoms with E-state index in [0.29, 0.717) is 0 Å². The summed E-state index contributed by atoms with van der Waals surface area (Å²) in [6.07, 6.45) is -1.73. The number of halogens is 1. The summed E-state index contributed by atoms with van der Waals surface area (Å²) in [5, 5.41) is 30.2. The molecular weight excluding hydrogens is 324 g/mol. The highest BCUT2D eigenvalue weighted by molar-refractivity contribution is 9.10. The molecule has 0 saturated carbocycles. The SMILES string of the molecule is O=C(NCC(O)C(=O)O)c1ccc(Br)c([N+](=O)[O-])c1. The van der Waals surface area contributed by atoms with Gasteiger partial charge >= 0.3 is 5.97 Å². The summed E-state index contributed by atoms with van der Waals surface area (Å²) in [7, 11) is 0. The van der Waals surface area contributed by atoms with Gasteiger partial charge in [-0.2, -0.15) is 0 Å². The number of carbonyl (C=O) groups is 2. The van der Waals surface area contributed by atoms with Crippen LogP contribution in [0, 0.1) is 10.1 Å². The number of nitro benzene ring substituents is 1. The number of aliphatic hydroxyl groups excluding tert-OH is 1. The second kappa shape index (κ2) is 6.25. The van der Waals surface area contributed by atoms with Crippen molar-refractivity contribution in [2.75, 3.05) is 6.54 Å². The molecule has 0 saturated heterocycles. The number of hydrogen-bond acceptors (Lipinski definition) is 5. The van der Waals surface area contributed by atoms with Gasteiger partial charge < -0.3 is 15.5 Å². The third-order valence-corrected chi connectivity index (χ3v) is 2.82. The van der Waals surface area contributed by atoms with Gasteiger partial charge in [0.05, 0.1) is 15.9 Å². The summed E-state index contributed by atoms with van der Waals surface area (Å²) in [4.78, 5) is 32.0. The van der Waals surface area contributed by atoms with E-state index in [2.05, 4.69) is 21.2 Å². The van der Waals surface area contributed by atoms with Crippen LogP contribution in [-0.2, 0) is 4.79 Å². The Bertz CT molecular complexity index is 533. The monoisotopic (exact) mass is 332 g/mol. The van der Waals surface area contributed by atoms with Crippen LogP contribution >= 0.6 is 15.9 Å². The summed E-state index contributed by atoms with van der Waals surface area (Å²) >= 11 is 2.97. The predicted molar refractivity (Wildman–Crippen MR) is 66.8 cm³/mol. The Morgan fingerprint density at radius 3 is 2.63 bits per heavy atom. The zero-order chi connectivity index (χ0) is 14.6. The number of aliphatic carboxylic acids is 1. The van der Waals surface area contributed by atoms with Crippen molar-refractivity contribution in [3.63, 3.8) is 0 Å². The van der Waals surface area contributed by atoms with Crippen molar-refractivity contribution < 1.29 is 24.7 Å². The van der Waals surface area contributed by atoms with E-state index in [1.165, 1.54) is 12.1 Å². The smallest absolute Gasteiger partial charge is 0.334 e. The fraction of sp³-hybridized carbons (Fsp3) is 0.200. The molecule has 1 aromatic carbocycles. The van der Waals surface area contributed by atoms with E-state index in [0.717, 1.165) is 6.07 Å². The van der Waals surface area contributed by atoms with Crippen LogP contribution < -0.4 is 5.32 Å². The molecule has 0 bridgehead atoms. The summed E-state index contributed by atoms with van der Waals surface area (Å²) in [5.74, 6) is -2.18. The van der Waals surface area contributed by atoms with Crippen molar-refractivity contribution in [3.05, 3.63) is 38.3 Å². The highest BCUT2D eigenvalue weighted by Gasteiger charge is 2.18. The standard InChI is InChI=1S/C10H9BrN2O6/c11-6-2-1-5(3-7(6)13(18)19)9(15)12-4-8(14)10(16)17/h1-3,8,14H,4H2,(H,12,15)(H,16,17). The Balaban J connectivity index is 2.80. The lowest BCUT2D eigenvalue weighted by Crippen LogP contribution is -2.36. The summed E-state index contributed by atoms with van der Waals surface area (Å²) in [6.45, 7) is -0.488. The van der Waals surface area contributed by atoms with E-state index in [4.69, 9.17) is 10.2 Å². The van der Waals surface area contributed by atoms with Crippen molar-refractivity contribution in [1.82, 2.24) is 5.32 Å². The Morgan fingerprint density at radius 1 is 1.47 bits per heavy atom. The maximum atomic E-state index is 11.6. The number of rotatable bonds is 5. The number of carboxylic acid groups (broad SMARTS) is 1. The fourth-order valence-corrected chi connectivity index (χ4v) is 1.56. The lowest BCUT2D eigenvalue weighted by Gasteiger charge is -2.07. The van der Waals surface area contributed by atoms with E-state index in [1.807, 2.05) is 0 Å². The lowest BCUT2D eigenvalue weighted by atomic mass is 10.2. The third-order valence-electron chi connectivity index (χ3n) is 2.15. The minimum absolute atomic E-state index is 0.00695. The number of hydrogen-bond donors (Lipinski definition) is 3. The molecule has 1 atom stereocenters. The minimum Gasteiger partial charge on any atom is -0.479 e. The van der Waals surface area contributed by atoms with Gasteiger partial charge in [-0.25, -0.2) is 4.79 Å². The summed E-state index contributed by atoms with van der Waals surface area (Å²) in [5.41, 5.74) is -0.293. The molecule has 0 aromatic heterocycles. The zero-order valence-electron chi connectivity index (χ0n) is 9.37. The largest absolute Gasteiger partial charge is 0.479 e. The maximum absolute atomic E-state index is 11.6. The Hall–Kier alpha value is -2.00. The van der Waals surface area contributed by atoms with E-state index < -0.39 is 29.4 Å². The molecule has 8 nitrogen and oxygen atoms in total. The zero-order valence-corrected chi connectivity index (χ0v) is 11.0. The molecule has 19 heavy (non-hydrogen) atoms. The van der Waals surface area contributed by atoms with Gasteiger partial charge in [0.25, 0.3) is 11.6 Å². The first kappa shape index (κ1) is 15.1. The number of amides is 1. The van der Waals surface area contributed by atoms with Crippen LogP contribution in [0.3, 0.4) is 0 Å². The fourth-order valence-electron chi connectivity index (χ4n) is 1.17. The molecule has 1 amide bonds. The van der Waals surface area contributed by atoms with Gasteiger partial charge in [0.2, 0.25) is 0 Å². The molecule has 1 aromatic rings. The molecule has 1 unspecified atom stereocenters. The number of nitro groups is 1. The molecule has 102 valence electrons. The van der Waals surface area contributed by atoms with Crippen LogP contribution in [0.5, 0.6) is 0 Å². The number of carboxylic acids is 1. The van der Waals surface area contributed by atoms with Gasteiger partial charge in [-0.3, -0.25) is 14.9 Å². The lowest BCUT2D eigenvalue weighted by molar-refractivity contribution is -0.385. The molecule has 0 radical (unpaired) electrons. The summed E-state index contributed by atoms with van der Waals surface area (Å²) < 4.78 is 0.222. The average molecular weight is 333 g/mol. The van der Waals surface area contributed by atoms with Gasteiger partial charge in [-0.05, 0) is 28.1 Å². The van der Waals surface area contributed by atoms with E-state index in [9.17, 15) is 19.7 Å². The highest BCUT2D eigenvalue weighted by Crippen LogP contribution is 2.25. The van der Waals surface area contributed by atoms with Gasteiger partial charge in [-0.1, -0.05) is 0 Å². The van der Waals surface area contributed by atoms with Crippen LogP contribution in [0.15, 0.2) is 22.7 Å². The topological polar surface area (TPSA) is 130 Å². The van der Waals surface area contributed by atoms with Crippen LogP contribution in [0.2, 0.25) is 0 Å². The summed E-state index contributed by atoms with van der Waals surface area (Å²) in [6, 6.07) is 3.72. The number of nitrogens with one attached hydrogen (secondary N) is 1. The second-order valence-corrected chi connectivity index (χ2v) is 4.34. The van der Waals surface area contributed by atoms with Gasteiger partial charge in [-0.15, -0.1) is 0 Å². The van der Waals surface area contributed by atoms with Gasteiger partial charge in [0.15, 0.2) is 6.10 Å². The Kier molecular flexibility index (Phi) is 4.95. The van der Waals surface area contributed by atoms with Crippen molar-refractivity contribution in [2.45, 2.75) is 6.10 Å². The molecule has 0 aliphatic heterocycles. The first-order valence-corrected chi connectivity index (χ1v) is 5.75. The highest BCUT2D eigenvalue weighted by atomic mass is 79.9. The molecule has 1 rings (SSSR count). The molecule has 0 aliphatic carbocycles. The van der Waals surface area contributed by atoms with Crippen molar-refractivity contribution in [1.29, 1.82) is 0 Å². The van der Waals surface area contributed by atoms with Crippen LogP contribution in [0.4, 0.5) is 5.69 Å². The molecule has 9 heteroatoms. The maximum Gasteiger partial charge on any atom is 0.334 e. The Morgan fingerprint density at radius 2 is 2.11 bits per heavy atom. The van der Waals surface area contributed by atoms with Crippen LogP contribution in [0.25, 0.3) is 0 Å². The molecular formula is C10H9BrN2O6. The minimum atomic E-state index is -1.73. The van der Waals surface area contributed by atoms with E-state index in [1.54, 1.807) is 0 Å². The van der Waals surface area contributed by atoms with Crippen LogP contribution in [0.1, 0.15) is 10.4 Å². The number of aliphatic hydroxyl groups is 1. The van der Waals surface area contributed by atoms with Gasteiger partial charge in [0.1, 0.15) is 0 Å². The molecule has 0 fully saturated rings. The molecule has 0 spiro atoms. The molecule has 0 heterocycles. The quantitative estimate of drug-likeness (QED) is 0.532. The normalized spacial score (nSPS) is 11.7. The molecule has 3 N–H and O–H groups in total. The first-order chi connectivity index (χ1) is 8.82. The Labute approximate surface area is 115 Å². The third kappa shape index (κ3) is 4.00. The average Bonchev–Trinajstić information content (AvgIpc) is 2.35. The van der Waals surface area contributed by atoms with Crippen molar-refractivity contribution in [3.8, 4) is 0 Å². The number of benzene rings is 1. The first-order valence-electron chi connectivity index (χ1n) is 4.96. The van der Waals surface area contributed by atoms with Gasteiger partial charge in [0, 0.05) is 11.6 Å². The van der Waals surface area contributed by atoms with E-state index in [-0.39, 0.29) is 15.7 Å². The molecule has 0 aliphatic rings.